The third-order valence-electron chi connectivity index (χ3n) is 1.95. The maximum atomic E-state index is 12.6. The molecule has 1 unspecified atom stereocenters. The van der Waals surface area contributed by atoms with Crippen LogP contribution in [0.4, 0.5) is 8.78 Å². The summed E-state index contributed by atoms with van der Waals surface area (Å²) in [5.41, 5.74) is 0. The van der Waals surface area contributed by atoms with Crippen molar-refractivity contribution < 1.29 is 13.0 Å². The molecule has 0 amide bonds. The van der Waals surface area contributed by atoms with Crippen molar-refractivity contribution in [2.75, 3.05) is 19.3 Å². The van der Waals surface area contributed by atoms with Crippen LogP contribution in [-0.4, -0.2) is 33.8 Å². The lowest BCUT2D eigenvalue weighted by Crippen LogP contribution is -2.41. The Bertz CT molecular complexity index is 253. The molecule has 0 radical (unpaired) electrons. The molecular weight excluding hydrogens is 186 g/mol. The van der Waals surface area contributed by atoms with E-state index in [1.165, 1.54) is 10.6 Å². The van der Waals surface area contributed by atoms with E-state index < -0.39 is 15.8 Å². The van der Waals surface area contributed by atoms with Gasteiger partial charge < -0.3 is 0 Å². The van der Waals surface area contributed by atoms with Gasteiger partial charge in [0.25, 0.3) is 5.92 Å². The van der Waals surface area contributed by atoms with E-state index in [-0.39, 0.29) is 25.9 Å². The molecule has 1 atom stereocenters. The van der Waals surface area contributed by atoms with E-state index >= 15 is 0 Å². The van der Waals surface area contributed by atoms with Crippen LogP contribution in [0.3, 0.4) is 0 Å². The SMILES string of the molecule is CS(=N)(=O)N1CCC(F)(F)CC1. The first-order valence-corrected chi connectivity index (χ1v) is 5.60. The van der Waals surface area contributed by atoms with Gasteiger partial charge in [0.1, 0.15) is 9.92 Å². The van der Waals surface area contributed by atoms with Crippen LogP contribution in [0.25, 0.3) is 0 Å². The molecule has 1 fully saturated rings. The van der Waals surface area contributed by atoms with Crippen molar-refractivity contribution in [1.29, 1.82) is 4.78 Å². The highest BCUT2D eigenvalue weighted by molar-refractivity contribution is 7.89. The molecule has 0 bridgehead atoms. The quantitative estimate of drug-likeness (QED) is 0.678. The Hall–Kier alpha value is -0.230. The summed E-state index contributed by atoms with van der Waals surface area (Å²) in [5.74, 6) is -2.62. The Morgan fingerprint density at radius 3 is 2.17 bits per heavy atom. The van der Waals surface area contributed by atoms with E-state index in [1.54, 1.807) is 0 Å². The fraction of sp³-hybridized carbons (Fsp3) is 1.00. The number of piperidine rings is 1. The monoisotopic (exact) mass is 198 g/mol. The summed E-state index contributed by atoms with van der Waals surface area (Å²) in [6.07, 6.45) is 0.698. The van der Waals surface area contributed by atoms with Gasteiger partial charge in [-0.25, -0.2) is 22.1 Å². The van der Waals surface area contributed by atoms with E-state index in [0.29, 0.717) is 0 Å². The summed E-state index contributed by atoms with van der Waals surface area (Å²) in [6.45, 7) is 0.123. The predicted molar refractivity (Wildman–Crippen MR) is 42.5 cm³/mol. The van der Waals surface area contributed by atoms with Crippen molar-refractivity contribution in [3.05, 3.63) is 0 Å². The average molecular weight is 198 g/mol. The lowest BCUT2D eigenvalue weighted by atomic mass is 10.1. The van der Waals surface area contributed by atoms with E-state index in [1.807, 2.05) is 0 Å². The van der Waals surface area contributed by atoms with Crippen molar-refractivity contribution in [2.45, 2.75) is 18.8 Å². The number of halogens is 2. The van der Waals surface area contributed by atoms with E-state index in [2.05, 4.69) is 0 Å². The molecule has 0 aliphatic carbocycles. The molecule has 0 aromatic carbocycles. The standard InChI is InChI=1S/C6H12F2N2OS/c1-12(9,11)10-4-2-6(7,8)3-5-10/h9H,2-5H2,1H3. The van der Waals surface area contributed by atoms with Crippen LogP contribution in [0.15, 0.2) is 0 Å². The van der Waals surface area contributed by atoms with Crippen molar-refractivity contribution in [3.8, 4) is 0 Å². The van der Waals surface area contributed by atoms with E-state index in [4.69, 9.17) is 4.78 Å². The highest BCUT2D eigenvalue weighted by Gasteiger charge is 2.35. The zero-order valence-corrected chi connectivity index (χ0v) is 7.66. The Morgan fingerprint density at radius 1 is 1.42 bits per heavy atom. The second kappa shape index (κ2) is 2.92. The van der Waals surface area contributed by atoms with Crippen molar-refractivity contribution in [1.82, 2.24) is 4.31 Å². The molecule has 12 heavy (non-hydrogen) atoms. The summed E-state index contributed by atoms with van der Waals surface area (Å²) < 4.78 is 44.7. The number of hydrogen-bond acceptors (Lipinski definition) is 2. The third-order valence-corrected chi connectivity index (χ3v) is 3.30. The highest BCUT2D eigenvalue weighted by atomic mass is 32.2. The predicted octanol–water partition coefficient (Wildman–Crippen LogP) is 1.31. The van der Waals surface area contributed by atoms with Crippen molar-refractivity contribution >= 4 is 9.92 Å². The number of alkyl halides is 2. The molecule has 72 valence electrons. The zero-order chi connectivity index (χ0) is 9.41. The molecule has 0 spiro atoms. The molecule has 1 heterocycles. The summed E-state index contributed by atoms with van der Waals surface area (Å²) in [6, 6.07) is 0. The van der Waals surface area contributed by atoms with Crippen LogP contribution < -0.4 is 0 Å². The largest absolute Gasteiger partial charge is 0.250 e. The fourth-order valence-electron chi connectivity index (χ4n) is 1.16. The maximum Gasteiger partial charge on any atom is 0.250 e. The first kappa shape index (κ1) is 9.85. The van der Waals surface area contributed by atoms with Gasteiger partial charge in [-0.2, -0.15) is 0 Å². The molecule has 1 aliphatic rings. The summed E-state index contributed by atoms with van der Waals surface area (Å²) in [4.78, 5) is 0. The van der Waals surface area contributed by atoms with Crippen molar-refractivity contribution in [3.63, 3.8) is 0 Å². The Morgan fingerprint density at radius 2 is 1.83 bits per heavy atom. The van der Waals surface area contributed by atoms with Gasteiger partial charge in [-0.3, -0.25) is 0 Å². The van der Waals surface area contributed by atoms with Crippen LogP contribution >= 0.6 is 0 Å². The second-order valence-corrected chi connectivity index (χ2v) is 5.21. The van der Waals surface area contributed by atoms with Crippen LogP contribution in [-0.2, 0) is 9.92 Å². The molecule has 1 aliphatic heterocycles. The number of nitrogens with zero attached hydrogens (tertiary/aromatic N) is 1. The smallest absolute Gasteiger partial charge is 0.240 e. The average Bonchev–Trinajstić information content (AvgIpc) is 1.83. The normalized spacial score (nSPS) is 29.6. The first-order chi connectivity index (χ1) is 5.31. The van der Waals surface area contributed by atoms with Gasteiger partial charge in [-0.15, -0.1) is 0 Å². The minimum atomic E-state index is -2.78. The Balaban J connectivity index is 2.59. The minimum Gasteiger partial charge on any atom is -0.240 e. The molecule has 6 heteroatoms. The molecule has 0 aromatic rings. The van der Waals surface area contributed by atoms with Gasteiger partial charge in [0, 0.05) is 32.2 Å². The Labute approximate surface area is 70.9 Å². The first-order valence-electron chi connectivity index (χ1n) is 3.68. The zero-order valence-electron chi connectivity index (χ0n) is 6.85. The summed E-state index contributed by atoms with van der Waals surface area (Å²) in [5, 5.41) is 0. The van der Waals surface area contributed by atoms with Crippen LogP contribution in [0.1, 0.15) is 12.8 Å². The molecule has 0 saturated carbocycles. The fourth-order valence-corrected chi connectivity index (χ4v) is 2.04. The topological polar surface area (TPSA) is 44.2 Å². The van der Waals surface area contributed by atoms with Crippen LogP contribution in [0.5, 0.6) is 0 Å². The molecule has 1 saturated heterocycles. The second-order valence-electron chi connectivity index (χ2n) is 3.09. The molecule has 0 aromatic heterocycles. The lowest BCUT2D eigenvalue weighted by Gasteiger charge is -2.31. The van der Waals surface area contributed by atoms with E-state index in [0.717, 1.165) is 0 Å². The molecule has 1 rings (SSSR count). The lowest BCUT2D eigenvalue weighted by molar-refractivity contribution is -0.0407. The summed E-state index contributed by atoms with van der Waals surface area (Å²) >= 11 is 0. The minimum absolute atomic E-state index is 0.0613. The molecular formula is C6H12F2N2OS. The van der Waals surface area contributed by atoms with Gasteiger partial charge >= 0.3 is 0 Å². The van der Waals surface area contributed by atoms with Crippen LogP contribution in [0.2, 0.25) is 0 Å². The van der Waals surface area contributed by atoms with Crippen molar-refractivity contribution in [2.24, 2.45) is 0 Å². The highest BCUT2D eigenvalue weighted by Crippen LogP contribution is 2.28. The van der Waals surface area contributed by atoms with Gasteiger partial charge in [0.2, 0.25) is 0 Å². The van der Waals surface area contributed by atoms with E-state index in [9.17, 15) is 13.0 Å². The molecule has 1 N–H and O–H groups in total. The van der Waals surface area contributed by atoms with Gasteiger partial charge in [0.15, 0.2) is 0 Å². The van der Waals surface area contributed by atoms with Gasteiger partial charge in [0.05, 0.1) is 0 Å². The van der Waals surface area contributed by atoms with Crippen LogP contribution in [0, 0.1) is 4.78 Å². The summed E-state index contributed by atoms with van der Waals surface area (Å²) in [7, 11) is -2.78. The molecule has 3 nitrogen and oxygen atoms in total. The van der Waals surface area contributed by atoms with Gasteiger partial charge in [-0.05, 0) is 0 Å². The maximum absolute atomic E-state index is 12.6. The third kappa shape index (κ3) is 2.38. The number of rotatable bonds is 1. The Kier molecular flexibility index (Phi) is 2.40. The number of nitrogens with one attached hydrogen (secondary N) is 1. The van der Waals surface area contributed by atoms with Gasteiger partial charge in [-0.1, -0.05) is 0 Å². The number of hydrogen-bond donors (Lipinski definition) is 1.